The number of nitrogens with one attached hydrogen (secondary N) is 2. The fourth-order valence-corrected chi connectivity index (χ4v) is 2.00. The van der Waals surface area contributed by atoms with Crippen molar-refractivity contribution in [1.82, 2.24) is 10.2 Å². The maximum absolute atomic E-state index is 13.3. The minimum absolute atomic E-state index is 0.0898. The molecule has 1 aromatic carbocycles. The average Bonchev–Trinajstić information content (AvgIpc) is 2.87. The lowest BCUT2D eigenvalue weighted by Crippen LogP contribution is -2.10. The van der Waals surface area contributed by atoms with Crippen molar-refractivity contribution in [3.63, 3.8) is 0 Å². The lowest BCUT2D eigenvalue weighted by Gasteiger charge is -2.18. The van der Waals surface area contributed by atoms with E-state index in [0.717, 1.165) is 12.1 Å². The highest BCUT2D eigenvalue weighted by molar-refractivity contribution is 5.43. The lowest BCUT2D eigenvalue weighted by molar-refractivity contribution is 0.459. The van der Waals surface area contributed by atoms with Crippen molar-refractivity contribution in [2.75, 3.05) is 5.32 Å². The summed E-state index contributed by atoms with van der Waals surface area (Å²) < 4.78 is 13.3. The summed E-state index contributed by atoms with van der Waals surface area (Å²) >= 11 is 0. The predicted molar refractivity (Wildman–Crippen MR) is 72.7 cm³/mol. The van der Waals surface area contributed by atoms with Crippen LogP contribution in [0, 0.1) is 5.82 Å². The Kier molecular flexibility index (Phi) is 4.04. The quantitative estimate of drug-likeness (QED) is 0.775. The molecule has 0 aliphatic carbocycles. The first-order valence-electron chi connectivity index (χ1n) is 6.43. The first kappa shape index (κ1) is 13.4. The molecule has 2 aromatic rings. The third-order valence-corrected chi connectivity index (χ3v) is 3.11. The van der Waals surface area contributed by atoms with Gasteiger partial charge >= 0.3 is 0 Å². The lowest BCUT2D eigenvalue weighted by atomic mass is 10.0. The van der Waals surface area contributed by atoms with Crippen LogP contribution in [-0.2, 0) is 6.42 Å². The number of benzene rings is 1. The second-order valence-electron chi connectivity index (χ2n) is 4.44. The summed E-state index contributed by atoms with van der Waals surface area (Å²) in [6.45, 7) is 4.00. The molecule has 0 saturated carbocycles. The van der Waals surface area contributed by atoms with E-state index in [1.165, 1.54) is 18.2 Å². The van der Waals surface area contributed by atoms with E-state index in [0.29, 0.717) is 17.8 Å². The van der Waals surface area contributed by atoms with E-state index in [9.17, 15) is 9.50 Å². The van der Waals surface area contributed by atoms with Crippen LogP contribution in [0.5, 0.6) is 5.75 Å². The van der Waals surface area contributed by atoms with Crippen LogP contribution in [0.25, 0.3) is 0 Å². The Bertz CT molecular complexity index is 553. The molecule has 1 unspecified atom stereocenters. The second-order valence-corrected chi connectivity index (χ2v) is 4.44. The standard InChI is InChI=1S/C14H18FN3O/c1-3-10-8-14(18-17-10)16-12(4-2)11-7-9(15)5-6-13(11)19/h5-8,12,19H,3-4H2,1-2H3,(H2,16,17,18). The number of nitrogens with zero attached hydrogens (tertiary/aromatic N) is 1. The van der Waals surface area contributed by atoms with Gasteiger partial charge in [-0.3, -0.25) is 5.10 Å². The SMILES string of the molecule is CCc1cc(NC(CC)c2cc(F)ccc2O)n[nH]1. The van der Waals surface area contributed by atoms with Crippen LogP contribution in [0.15, 0.2) is 24.3 Å². The average molecular weight is 263 g/mol. The van der Waals surface area contributed by atoms with Crippen LogP contribution in [0.1, 0.15) is 37.6 Å². The second kappa shape index (κ2) is 5.73. The molecule has 1 aromatic heterocycles. The molecular formula is C14H18FN3O. The Hall–Kier alpha value is -2.04. The van der Waals surface area contributed by atoms with Crippen LogP contribution >= 0.6 is 0 Å². The molecule has 102 valence electrons. The summed E-state index contributed by atoms with van der Waals surface area (Å²) in [4.78, 5) is 0. The normalized spacial score (nSPS) is 12.4. The van der Waals surface area contributed by atoms with Gasteiger partial charge in [-0.05, 0) is 31.0 Å². The van der Waals surface area contributed by atoms with Gasteiger partial charge in [0.15, 0.2) is 0 Å². The highest BCUT2D eigenvalue weighted by Gasteiger charge is 2.15. The Balaban J connectivity index is 2.22. The fraction of sp³-hybridized carbons (Fsp3) is 0.357. The summed E-state index contributed by atoms with van der Waals surface area (Å²) in [5.41, 5.74) is 1.57. The van der Waals surface area contributed by atoms with Gasteiger partial charge in [0.2, 0.25) is 0 Å². The predicted octanol–water partition coefficient (Wildman–Crippen LogP) is 3.38. The number of phenols is 1. The molecule has 1 heterocycles. The van der Waals surface area contributed by atoms with E-state index in [4.69, 9.17) is 0 Å². The van der Waals surface area contributed by atoms with Crippen LogP contribution in [-0.4, -0.2) is 15.3 Å². The van der Waals surface area contributed by atoms with Crippen molar-refractivity contribution >= 4 is 5.82 Å². The Morgan fingerprint density at radius 2 is 2.16 bits per heavy atom. The minimum Gasteiger partial charge on any atom is -0.508 e. The minimum atomic E-state index is -0.357. The summed E-state index contributed by atoms with van der Waals surface area (Å²) in [6, 6.07) is 5.71. The van der Waals surface area contributed by atoms with E-state index >= 15 is 0 Å². The van der Waals surface area contributed by atoms with Crippen molar-refractivity contribution in [2.45, 2.75) is 32.7 Å². The molecule has 0 fully saturated rings. The van der Waals surface area contributed by atoms with Crippen LogP contribution in [0.2, 0.25) is 0 Å². The zero-order chi connectivity index (χ0) is 13.8. The monoisotopic (exact) mass is 263 g/mol. The number of aromatic amines is 1. The zero-order valence-corrected chi connectivity index (χ0v) is 11.1. The van der Waals surface area contributed by atoms with Crippen molar-refractivity contribution in [1.29, 1.82) is 0 Å². The molecule has 4 nitrogen and oxygen atoms in total. The molecule has 0 spiro atoms. The molecule has 0 amide bonds. The summed E-state index contributed by atoms with van der Waals surface area (Å²) in [5.74, 6) is 0.434. The molecule has 2 rings (SSSR count). The van der Waals surface area contributed by atoms with Gasteiger partial charge in [0.1, 0.15) is 17.4 Å². The van der Waals surface area contributed by atoms with Gasteiger partial charge < -0.3 is 10.4 Å². The molecule has 3 N–H and O–H groups in total. The van der Waals surface area contributed by atoms with E-state index in [-0.39, 0.29) is 17.6 Å². The van der Waals surface area contributed by atoms with Crippen molar-refractivity contribution in [2.24, 2.45) is 0 Å². The third-order valence-electron chi connectivity index (χ3n) is 3.11. The maximum atomic E-state index is 13.3. The van der Waals surface area contributed by atoms with E-state index < -0.39 is 0 Å². The largest absolute Gasteiger partial charge is 0.508 e. The number of rotatable bonds is 5. The number of aromatic hydroxyl groups is 1. The molecule has 0 aliphatic heterocycles. The molecule has 1 atom stereocenters. The third kappa shape index (κ3) is 3.05. The number of anilines is 1. The fourth-order valence-electron chi connectivity index (χ4n) is 2.00. The van der Waals surface area contributed by atoms with E-state index in [2.05, 4.69) is 15.5 Å². The number of aromatic nitrogens is 2. The number of phenolic OH excluding ortho intramolecular Hbond substituents is 1. The topological polar surface area (TPSA) is 60.9 Å². The van der Waals surface area contributed by atoms with Crippen molar-refractivity contribution < 1.29 is 9.50 Å². The van der Waals surface area contributed by atoms with Crippen LogP contribution in [0.3, 0.4) is 0 Å². The van der Waals surface area contributed by atoms with E-state index in [1.807, 2.05) is 19.9 Å². The molecule has 19 heavy (non-hydrogen) atoms. The van der Waals surface area contributed by atoms with Crippen molar-refractivity contribution in [3.8, 4) is 5.75 Å². The summed E-state index contributed by atoms with van der Waals surface area (Å²) in [6.07, 6.45) is 1.59. The number of aryl methyl sites for hydroxylation is 1. The van der Waals surface area contributed by atoms with E-state index in [1.54, 1.807) is 0 Å². The highest BCUT2D eigenvalue weighted by atomic mass is 19.1. The van der Waals surface area contributed by atoms with Gasteiger partial charge in [0.25, 0.3) is 0 Å². The highest BCUT2D eigenvalue weighted by Crippen LogP contribution is 2.29. The summed E-state index contributed by atoms with van der Waals surface area (Å²) in [7, 11) is 0. The van der Waals surface area contributed by atoms with Gasteiger partial charge in [-0.25, -0.2) is 4.39 Å². The first-order chi connectivity index (χ1) is 9.13. The smallest absolute Gasteiger partial charge is 0.148 e. The molecule has 0 aliphatic rings. The zero-order valence-electron chi connectivity index (χ0n) is 11.1. The molecule has 0 saturated heterocycles. The Labute approximate surface area is 111 Å². The Morgan fingerprint density at radius 1 is 1.37 bits per heavy atom. The molecule has 5 heteroatoms. The first-order valence-corrected chi connectivity index (χ1v) is 6.43. The van der Waals surface area contributed by atoms with Crippen LogP contribution < -0.4 is 5.32 Å². The number of H-pyrrole nitrogens is 1. The summed E-state index contributed by atoms with van der Waals surface area (Å²) in [5, 5.41) is 20.1. The van der Waals surface area contributed by atoms with Crippen LogP contribution in [0.4, 0.5) is 10.2 Å². The Morgan fingerprint density at radius 3 is 2.79 bits per heavy atom. The van der Waals surface area contributed by atoms with Gasteiger partial charge in [0.05, 0.1) is 6.04 Å². The number of hydrogen-bond acceptors (Lipinski definition) is 3. The van der Waals surface area contributed by atoms with Gasteiger partial charge in [0, 0.05) is 17.3 Å². The number of halogens is 1. The van der Waals surface area contributed by atoms with Gasteiger partial charge in [-0.15, -0.1) is 0 Å². The molecular weight excluding hydrogens is 245 g/mol. The number of hydrogen-bond donors (Lipinski definition) is 3. The van der Waals surface area contributed by atoms with Crippen molar-refractivity contribution in [3.05, 3.63) is 41.3 Å². The van der Waals surface area contributed by atoms with Gasteiger partial charge in [-0.2, -0.15) is 5.10 Å². The molecule has 0 radical (unpaired) electrons. The van der Waals surface area contributed by atoms with Gasteiger partial charge in [-0.1, -0.05) is 13.8 Å². The molecule has 0 bridgehead atoms. The maximum Gasteiger partial charge on any atom is 0.148 e.